The smallest absolute Gasteiger partial charge is 0.255 e. The third kappa shape index (κ3) is 3.89. The second-order valence-electron chi connectivity index (χ2n) is 5.26. The largest absolute Gasteiger partial charge is 0.494 e. The van der Waals surface area contributed by atoms with Crippen LogP contribution in [-0.4, -0.2) is 26.2 Å². The highest BCUT2D eigenvalue weighted by molar-refractivity contribution is 6.38. The molecule has 0 aromatic heterocycles. The Bertz CT molecular complexity index is 803. The molecule has 5 nitrogen and oxygen atoms in total. The lowest BCUT2D eigenvalue weighted by Crippen LogP contribution is -2.12. The van der Waals surface area contributed by atoms with Crippen LogP contribution in [0.1, 0.15) is 16.8 Å². The number of anilines is 1. The second-order valence-corrected chi connectivity index (χ2v) is 6.48. The summed E-state index contributed by atoms with van der Waals surface area (Å²) in [6.07, 6.45) is 0.775. The summed E-state index contributed by atoms with van der Waals surface area (Å²) in [5.74, 6) is 0.982. The van der Waals surface area contributed by atoms with Crippen LogP contribution in [0.3, 0.4) is 0 Å². The summed E-state index contributed by atoms with van der Waals surface area (Å²) in [4.78, 5) is 12.5. The number of benzene rings is 2. The van der Waals surface area contributed by atoms with Gasteiger partial charge in [0, 0.05) is 24.1 Å². The molecule has 0 aliphatic carbocycles. The SMILES string of the molecule is COc1c(Cl)cc(C(=O)Nc2cc3c(cc2Cl)OCCCO3)cc1Cl. The molecule has 2 aromatic carbocycles. The zero-order valence-electron chi connectivity index (χ0n) is 13.2. The van der Waals surface area contributed by atoms with Crippen molar-refractivity contribution in [2.75, 3.05) is 25.6 Å². The molecule has 8 heteroatoms. The Labute approximate surface area is 159 Å². The number of fused-ring (bicyclic) bond motifs is 1. The number of hydrogen-bond donors (Lipinski definition) is 1. The van der Waals surface area contributed by atoms with Crippen LogP contribution in [-0.2, 0) is 0 Å². The van der Waals surface area contributed by atoms with E-state index in [1.165, 1.54) is 19.2 Å². The zero-order chi connectivity index (χ0) is 18.0. The summed E-state index contributed by atoms with van der Waals surface area (Å²) in [5.41, 5.74) is 0.679. The van der Waals surface area contributed by atoms with E-state index in [4.69, 9.17) is 49.0 Å². The molecule has 3 rings (SSSR count). The van der Waals surface area contributed by atoms with Crippen LogP contribution >= 0.6 is 34.8 Å². The molecule has 1 heterocycles. The molecular formula is C17H14Cl3NO4. The van der Waals surface area contributed by atoms with E-state index in [0.29, 0.717) is 41.2 Å². The minimum Gasteiger partial charge on any atom is -0.494 e. The van der Waals surface area contributed by atoms with Gasteiger partial charge in [0.1, 0.15) is 0 Å². The normalized spacial score (nSPS) is 13.1. The maximum atomic E-state index is 12.5. The fourth-order valence-corrected chi connectivity index (χ4v) is 3.20. The molecule has 1 amide bonds. The van der Waals surface area contributed by atoms with Crippen LogP contribution in [0.15, 0.2) is 24.3 Å². The lowest BCUT2D eigenvalue weighted by Gasteiger charge is -2.13. The third-order valence-corrected chi connectivity index (χ3v) is 4.42. The molecular weight excluding hydrogens is 389 g/mol. The van der Waals surface area contributed by atoms with E-state index >= 15 is 0 Å². The van der Waals surface area contributed by atoms with E-state index in [1.807, 2.05) is 0 Å². The number of hydrogen-bond acceptors (Lipinski definition) is 4. The monoisotopic (exact) mass is 401 g/mol. The number of nitrogens with one attached hydrogen (secondary N) is 1. The number of halogens is 3. The molecule has 132 valence electrons. The van der Waals surface area contributed by atoms with E-state index in [0.717, 1.165) is 6.42 Å². The van der Waals surface area contributed by atoms with Crippen molar-refractivity contribution in [3.05, 3.63) is 44.9 Å². The Balaban J connectivity index is 1.87. The summed E-state index contributed by atoms with van der Waals surface area (Å²) in [7, 11) is 1.45. The lowest BCUT2D eigenvalue weighted by molar-refractivity contribution is 0.102. The van der Waals surface area contributed by atoms with E-state index < -0.39 is 5.91 Å². The maximum Gasteiger partial charge on any atom is 0.255 e. The quantitative estimate of drug-likeness (QED) is 0.779. The molecule has 1 N–H and O–H groups in total. The van der Waals surface area contributed by atoms with Crippen molar-refractivity contribution in [2.24, 2.45) is 0 Å². The number of carbonyl (C=O) groups is 1. The van der Waals surface area contributed by atoms with Gasteiger partial charge in [0.25, 0.3) is 5.91 Å². The Morgan fingerprint density at radius 3 is 2.20 bits per heavy atom. The van der Waals surface area contributed by atoms with Crippen LogP contribution in [0.25, 0.3) is 0 Å². The third-order valence-electron chi connectivity index (χ3n) is 3.55. The molecule has 1 aliphatic heterocycles. The minimum absolute atomic E-state index is 0.241. The first kappa shape index (κ1) is 18.0. The zero-order valence-corrected chi connectivity index (χ0v) is 15.5. The first-order chi connectivity index (χ1) is 12.0. The van der Waals surface area contributed by atoms with Crippen molar-refractivity contribution in [1.29, 1.82) is 0 Å². The fourth-order valence-electron chi connectivity index (χ4n) is 2.36. The van der Waals surface area contributed by atoms with Crippen molar-refractivity contribution in [2.45, 2.75) is 6.42 Å². The number of carbonyl (C=O) groups excluding carboxylic acids is 1. The van der Waals surface area contributed by atoms with Crippen molar-refractivity contribution in [1.82, 2.24) is 0 Å². The Morgan fingerprint density at radius 2 is 1.60 bits per heavy atom. The number of methoxy groups -OCH3 is 1. The van der Waals surface area contributed by atoms with Gasteiger partial charge in [-0.3, -0.25) is 4.79 Å². The predicted octanol–water partition coefficient (Wildman–Crippen LogP) is 5.07. The van der Waals surface area contributed by atoms with Gasteiger partial charge >= 0.3 is 0 Å². The molecule has 0 bridgehead atoms. The van der Waals surface area contributed by atoms with Gasteiger partial charge in [-0.2, -0.15) is 0 Å². The van der Waals surface area contributed by atoms with Crippen LogP contribution in [0, 0.1) is 0 Å². The average Bonchev–Trinajstić information content (AvgIpc) is 2.79. The van der Waals surface area contributed by atoms with Gasteiger partial charge in [0.15, 0.2) is 17.2 Å². The number of ether oxygens (including phenoxy) is 3. The highest BCUT2D eigenvalue weighted by Crippen LogP contribution is 2.38. The molecule has 0 fully saturated rings. The molecule has 0 atom stereocenters. The second kappa shape index (κ2) is 7.60. The lowest BCUT2D eigenvalue weighted by atomic mass is 10.2. The van der Waals surface area contributed by atoms with Gasteiger partial charge < -0.3 is 19.5 Å². The maximum absolute atomic E-state index is 12.5. The number of amides is 1. The molecule has 2 aromatic rings. The van der Waals surface area contributed by atoms with Gasteiger partial charge in [-0.25, -0.2) is 0 Å². The van der Waals surface area contributed by atoms with Gasteiger partial charge in [-0.15, -0.1) is 0 Å². The van der Waals surface area contributed by atoms with Crippen LogP contribution in [0.4, 0.5) is 5.69 Å². The van der Waals surface area contributed by atoms with Crippen LogP contribution < -0.4 is 19.5 Å². The molecule has 0 saturated heterocycles. The Kier molecular flexibility index (Phi) is 5.47. The van der Waals surface area contributed by atoms with Crippen molar-refractivity contribution in [3.8, 4) is 17.2 Å². The molecule has 0 unspecified atom stereocenters. The summed E-state index contributed by atoms with van der Waals surface area (Å²) in [6, 6.07) is 6.19. The molecule has 0 radical (unpaired) electrons. The van der Waals surface area contributed by atoms with E-state index in [1.54, 1.807) is 12.1 Å². The summed E-state index contributed by atoms with van der Waals surface area (Å²) < 4.78 is 16.2. The first-order valence-corrected chi connectivity index (χ1v) is 8.56. The predicted molar refractivity (Wildman–Crippen MR) is 98.0 cm³/mol. The first-order valence-electron chi connectivity index (χ1n) is 7.43. The summed E-state index contributed by atoms with van der Waals surface area (Å²) in [6.45, 7) is 1.09. The molecule has 0 spiro atoms. The Hall–Kier alpha value is -1.82. The van der Waals surface area contributed by atoms with Crippen molar-refractivity contribution in [3.63, 3.8) is 0 Å². The van der Waals surface area contributed by atoms with Crippen molar-refractivity contribution >= 4 is 46.4 Å². The van der Waals surface area contributed by atoms with Gasteiger partial charge in [0.05, 0.1) is 41.1 Å². The van der Waals surface area contributed by atoms with Crippen LogP contribution in [0.2, 0.25) is 15.1 Å². The molecule has 0 saturated carbocycles. The standard InChI is InChI=1S/C17H14Cl3NO4/c1-23-16-11(19)5-9(6-12(16)20)17(22)21-13-8-15-14(7-10(13)18)24-3-2-4-25-15/h5-8H,2-4H2,1H3,(H,21,22). The van der Waals surface area contributed by atoms with Crippen molar-refractivity contribution < 1.29 is 19.0 Å². The van der Waals surface area contributed by atoms with Gasteiger partial charge in [-0.1, -0.05) is 34.8 Å². The van der Waals surface area contributed by atoms with Gasteiger partial charge in [-0.05, 0) is 12.1 Å². The molecule has 25 heavy (non-hydrogen) atoms. The summed E-state index contributed by atoms with van der Waals surface area (Å²) >= 11 is 18.4. The van der Waals surface area contributed by atoms with Crippen LogP contribution in [0.5, 0.6) is 17.2 Å². The number of rotatable bonds is 3. The minimum atomic E-state index is -0.414. The Morgan fingerprint density at radius 1 is 1.00 bits per heavy atom. The highest BCUT2D eigenvalue weighted by atomic mass is 35.5. The average molecular weight is 403 g/mol. The highest BCUT2D eigenvalue weighted by Gasteiger charge is 2.18. The summed E-state index contributed by atoms with van der Waals surface area (Å²) in [5, 5.41) is 3.54. The van der Waals surface area contributed by atoms with E-state index in [-0.39, 0.29) is 15.6 Å². The topological polar surface area (TPSA) is 56.8 Å². The fraction of sp³-hybridized carbons (Fsp3) is 0.235. The van der Waals surface area contributed by atoms with E-state index in [2.05, 4.69) is 5.32 Å². The van der Waals surface area contributed by atoms with E-state index in [9.17, 15) is 4.79 Å². The molecule has 1 aliphatic rings. The van der Waals surface area contributed by atoms with Gasteiger partial charge in [0.2, 0.25) is 0 Å².